The van der Waals surface area contributed by atoms with E-state index in [-0.39, 0.29) is 4.90 Å². The molecule has 2 aromatic rings. The molecule has 0 aliphatic rings. The zero-order valence-electron chi connectivity index (χ0n) is 12.8. The molecule has 2 rings (SSSR count). The van der Waals surface area contributed by atoms with Gasteiger partial charge in [-0.1, -0.05) is 41.1 Å². The lowest BCUT2D eigenvalue weighted by molar-refractivity contribution is 0.0945. The summed E-state index contributed by atoms with van der Waals surface area (Å²) >= 11 is 3.24. The SMILES string of the molecule is CCc1ccc(C(=O)NNS(=O)(=O)c2cc(Br)ccc2C)cc1. The third-order valence-corrected chi connectivity index (χ3v) is 5.25. The molecule has 7 heteroatoms. The van der Waals surface area contributed by atoms with Crippen LogP contribution in [-0.4, -0.2) is 14.3 Å². The highest BCUT2D eigenvalue weighted by Gasteiger charge is 2.18. The molecule has 0 saturated carbocycles. The number of hydrazine groups is 1. The van der Waals surface area contributed by atoms with Crippen molar-refractivity contribution in [1.29, 1.82) is 0 Å². The molecular formula is C16H17BrN2O3S. The maximum Gasteiger partial charge on any atom is 0.266 e. The van der Waals surface area contributed by atoms with Crippen molar-refractivity contribution in [2.24, 2.45) is 0 Å². The van der Waals surface area contributed by atoms with Gasteiger partial charge in [-0.25, -0.2) is 8.42 Å². The molecule has 1 amide bonds. The van der Waals surface area contributed by atoms with Crippen molar-refractivity contribution in [1.82, 2.24) is 10.3 Å². The highest BCUT2D eigenvalue weighted by Crippen LogP contribution is 2.20. The predicted molar refractivity (Wildman–Crippen MR) is 92.5 cm³/mol. The average molecular weight is 397 g/mol. The molecule has 0 heterocycles. The molecule has 0 unspecified atom stereocenters. The molecule has 0 atom stereocenters. The normalized spacial score (nSPS) is 11.3. The van der Waals surface area contributed by atoms with E-state index < -0.39 is 15.9 Å². The maximum absolute atomic E-state index is 12.3. The molecule has 0 aliphatic carbocycles. The van der Waals surface area contributed by atoms with E-state index in [1.165, 1.54) is 6.07 Å². The van der Waals surface area contributed by atoms with Gasteiger partial charge in [0.15, 0.2) is 0 Å². The lowest BCUT2D eigenvalue weighted by Crippen LogP contribution is -2.41. The summed E-state index contributed by atoms with van der Waals surface area (Å²) in [4.78, 5) is 14.3. The van der Waals surface area contributed by atoms with Gasteiger partial charge in [-0.15, -0.1) is 4.83 Å². The minimum atomic E-state index is -3.84. The summed E-state index contributed by atoms with van der Waals surface area (Å²) in [6.45, 7) is 3.70. The Morgan fingerprint density at radius 1 is 1.13 bits per heavy atom. The fraction of sp³-hybridized carbons (Fsp3) is 0.188. The quantitative estimate of drug-likeness (QED) is 0.762. The van der Waals surface area contributed by atoms with Crippen molar-refractivity contribution in [2.75, 3.05) is 0 Å². The Kier molecular flexibility index (Phi) is 5.56. The van der Waals surface area contributed by atoms with E-state index in [2.05, 4.69) is 26.2 Å². The molecule has 5 nitrogen and oxygen atoms in total. The topological polar surface area (TPSA) is 75.3 Å². The number of rotatable bonds is 5. The van der Waals surface area contributed by atoms with Crippen LogP contribution in [-0.2, 0) is 16.4 Å². The van der Waals surface area contributed by atoms with Gasteiger partial charge in [-0.3, -0.25) is 10.2 Å². The molecule has 23 heavy (non-hydrogen) atoms. The van der Waals surface area contributed by atoms with Crippen LogP contribution in [0.3, 0.4) is 0 Å². The summed E-state index contributed by atoms with van der Waals surface area (Å²) < 4.78 is 25.2. The largest absolute Gasteiger partial charge is 0.273 e. The van der Waals surface area contributed by atoms with Gasteiger partial charge >= 0.3 is 0 Å². The summed E-state index contributed by atoms with van der Waals surface area (Å²) in [5.41, 5.74) is 4.30. The first-order valence-electron chi connectivity index (χ1n) is 7.00. The first kappa shape index (κ1) is 17.7. The number of nitrogens with one attached hydrogen (secondary N) is 2. The van der Waals surface area contributed by atoms with Gasteiger partial charge in [-0.2, -0.15) is 0 Å². The number of carbonyl (C=O) groups is 1. The fourth-order valence-corrected chi connectivity index (χ4v) is 3.62. The molecule has 0 fully saturated rings. The van der Waals surface area contributed by atoms with Crippen LogP contribution in [0.25, 0.3) is 0 Å². The van der Waals surface area contributed by atoms with Gasteiger partial charge < -0.3 is 0 Å². The number of halogens is 1. The van der Waals surface area contributed by atoms with Crippen molar-refractivity contribution in [3.05, 3.63) is 63.6 Å². The Bertz CT molecular complexity index is 818. The monoisotopic (exact) mass is 396 g/mol. The number of carbonyl (C=O) groups excluding carboxylic acids is 1. The first-order valence-corrected chi connectivity index (χ1v) is 9.28. The maximum atomic E-state index is 12.3. The number of hydrogen-bond donors (Lipinski definition) is 2. The number of benzene rings is 2. The van der Waals surface area contributed by atoms with Crippen molar-refractivity contribution >= 4 is 31.9 Å². The summed E-state index contributed by atoms with van der Waals surface area (Å²) in [5, 5.41) is 0. The van der Waals surface area contributed by atoms with Crippen LogP contribution >= 0.6 is 15.9 Å². The summed E-state index contributed by atoms with van der Waals surface area (Å²) in [6, 6.07) is 11.9. The van der Waals surface area contributed by atoms with E-state index in [1.54, 1.807) is 31.2 Å². The summed E-state index contributed by atoms with van der Waals surface area (Å²) in [7, 11) is -3.84. The van der Waals surface area contributed by atoms with Crippen LogP contribution in [0, 0.1) is 6.92 Å². The molecule has 2 aromatic carbocycles. The van der Waals surface area contributed by atoms with Crippen LogP contribution in [0.1, 0.15) is 28.4 Å². The van der Waals surface area contributed by atoms with Gasteiger partial charge in [0.25, 0.3) is 15.9 Å². The number of aryl methyl sites for hydroxylation is 2. The number of sulfonamides is 1. The summed E-state index contributed by atoms with van der Waals surface area (Å²) in [6.07, 6.45) is 0.872. The van der Waals surface area contributed by atoms with E-state index in [1.807, 2.05) is 19.1 Å². The van der Waals surface area contributed by atoms with Gasteiger partial charge in [0.1, 0.15) is 0 Å². The molecule has 0 radical (unpaired) electrons. The molecule has 0 aliphatic heterocycles. The first-order chi connectivity index (χ1) is 10.8. The standard InChI is InChI=1S/C16H17BrN2O3S/c1-3-12-5-7-13(8-6-12)16(20)18-19-23(21,22)15-10-14(17)9-4-11(15)2/h4-10,19H,3H2,1-2H3,(H,18,20). The van der Waals surface area contributed by atoms with Gasteiger partial charge in [0.05, 0.1) is 4.90 Å². The second kappa shape index (κ2) is 7.25. The Hall–Kier alpha value is -1.70. The van der Waals surface area contributed by atoms with Crippen molar-refractivity contribution in [3.8, 4) is 0 Å². The molecule has 0 spiro atoms. The second-order valence-electron chi connectivity index (χ2n) is 5.02. The van der Waals surface area contributed by atoms with E-state index in [4.69, 9.17) is 0 Å². The molecule has 2 N–H and O–H groups in total. The molecule has 0 saturated heterocycles. The minimum absolute atomic E-state index is 0.105. The Morgan fingerprint density at radius 3 is 2.39 bits per heavy atom. The van der Waals surface area contributed by atoms with Crippen molar-refractivity contribution in [2.45, 2.75) is 25.2 Å². The lowest BCUT2D eigenvalue weighted by Gasteiger charge is -2.11. The third-order valence-electron chi connectivity index (χ3n) is 3.36. The Labute approximate surface area is 144 Å². The number of hydrogen-bond acceptors (Lipinski definition) is 3. The van der Waals surface area contributed by atoms with E-state index in [9.17, 15) is 13.2 Å². The molecule has 0 bridgehead atoms. The van der Waals surface area contributed by atoms with Crippen LogP contribution in [0.5, 0.6) is 0 Å². The van der Waals surface area contributed by atoms with Gasteiger partial charge in [0.2, 0.25) is 0 Å². The van der Waals surface area contributed by atoms with Gasteiger partial charge in [-0.05, 0) is 48.7 Å². The minimum Gasteiger partial charge on any atom is -0.273 e. The van der Waals surface area contributed by atoms with Crippen LogP contribution in [0.4, 0.5) is 0 Å². The Morgan fingerprint density at radius 2 is 1.78 bits per heavy atom. The van der Waals surface area contributed by atoms with Crippen LogP contribution in [0.2, 0.25) is 0 Å². The zero-order valence-corrected chi connectivity index (χ0v) is 15.2. The third kappa shape index (κ3) is 4.40. The fourth-order valence-electron chi connectivity index (χ4n) is 2.00. The van der Waals surface area contributed by atoms with Gasteiger partial charge in [0, 0.05) is 10.0 Å². The van der Waals surface area contributed by atoms with Crippen molar-refractivity contribution in [3.63, 3.8) is 0 Å². The Balaban J connectivity index is 2.12. The number of amides is 1. The predicted octanol–water partition coefficient (Wildman–Crippen LogP) is 2.94. The van der Waals surface area contributed by atoms with E-state index in [0.717, 1.165) is 12.0 Å². The van der Waals surface area contributed by atoms with E-state index in [0.29, 0.717) is 15.6 Å². The molecule has 122 valence electrons. The van der Waals surface area contributed by atoms with Crippen molar-refractivity contribution < 1.29 is 13.2 Å². The molecular weight excluding hydrogens is 380 g/mol. The zero-order chi connectivity index (χ0) is 17.0. The average Bonchev–Trinajstić information content (AvgIpc) is 2.55. The highest BCUT2D eigenvalue weighted by atomic mass is 79.9. The smallest absolute Gasteiger partial charge is 0.266 e. The lowest BCUT2D eigenvalue weighted by atomic mass is 10.1. The van der Waals surface area contributed by atoms with Crippen LogP contribution < -0.4 is 10.3 Å². The highest BCUT2D eigenvalue weighted by molar-refractivity contribution is 9.10. The molecule has 0 aromatic heterocycles. The summed E-state index contributed by atoms with van der Waals surface area (Å²) in [5.74, 6) is -0.510. The van der Waals surface area contributed by atoms with Crippen LogP contribution in [0.15, 0.2) is 51.8 Å². The van der Waals surface area contributed by atoms with E-state index >= 15 is 0 Å². The second-order valence-corrected chi connectivity index (χ2v) is 7.59.